The van der Waals surface area contributed by atoms with Crippen molar-refractivity contribution in [2.75, 3.05) is 24.3 Å². The van der Waals surface area contributed by atoms with Gasteiger partial charge >= 0.3 is 0 Å². The van der Waals surface area contributed by atoms with Crippen LogP contribution in [0, 0.1) is 12.3 Å². The number of nitrogens with two attached hydrogens (primary N) is 1. The Bertz CT molecular complexity index is 416. The van der Waals surface area contributed by atoms with E-state index >= 15 is 0 Å². The maximum Gasteiger partial charge on any atom is 0.250 e. The summed E-state index contributed by atoms with van der Waals surface area (Å²) in [7, 11) is 0. The summed E-state index contributed by atoms with van der Waals surface area (Å²) in [6, 6.07) is 5.54. The van der Waals surface area contributed by atoms with E-state index < -0.39 is 0 Å². The van der Waals surface area contributed by atoms with Gasteiger partial charge in [0.05, 0.1) is 11.4 Å². The number of aryl methyl sites for hydroxylation is 1. The molecule has 1 amide bonds. The Morgan fingerprint density at radius 2 is 2.05 bits per heavy atom. The SMILES string of the molecule is Cc1cccc(N)c1NC(=O)COCCC(C)(C)C. The highest BCUT2D eigenvalue weighted by Gasteiger charge is 2.11. The number of ether oxygens (including phenoxy) is 1. The maximum absolute atomic E-state index is 11.7. The Hall–Kier alpha value is -1.55. The summed E-state index contributed by atoms with van der Waals surface area (Å²) in [6.07, 6.45) is 0.923. The Labute approximate surface area is 115 Å². The Balaban J connectivity index is 2.40. The molecular formula is C15H24N2O2. The standard InChI is InChI=1S/C15H24N2O2/c1-11-6-5-7-12(16)14(11)17-13(18)10-19-9-8-15(2,3)4/h5-7H,8-10,16H2,1-4H3,(H,17,18). The summed E-state index contributed by atoms with van der Waals surface area (Å²) in [5, 5.41) is 2.79. The molecule has 1 aromatic carbocycles. The number of nitrogen functional groups attached to an aromatic ring is 1. The van der Waals surface area contributed by atoms with Gasteiger partial charge in [-0.3, -0.25) is 4.79 Å². The third kappa shape index (κ3) is 5.75. The van der Waals surface area contributed by atoms with Crippen LogP contribution in [0.15, 0.2) is 18.2 Å². The molecule has 0 aliphatic rings. The van der Waals surface area contributed by atoms with E-state index in [0.717, 1.165) is 12.0 Å². The molecule has 0 aliphatic heterocycles. The largest absolute Gasteiger partial charge is 0.397 e. The summed E-state index contributed by atoms with van der Waals surface area (Å²) in [6.45, 7) is 8.98. The zero-order chi connectivity index (χ0) is 14.5. The molecular weight excluding hydrogens is 240 g/mol. The van der Waals surface area contributed by atoms with Crippen LogP contribution in [0.5, 0.6) is 0 Å². The minimum absolute atomic E-state index is 0.0594. The van der Waals surface area contributed by atoms with Crippen molar-refractivity contribution in [1.82, 2.24) is 0 Å². The second-order valence-electron chi connectivity index (χ2n) is 5.95. The van der Waals surface area contributed by atoms with E-state index in [1.165, 1.54) is 0 Å². The lowest BCUT2D eigenvalue weighted by Crippen LogP contribution is -2.21. The van der Waals surface area contributed by atoms with E-state index in [-0.39, 0.29) is 17.9 Å². The first-order valence-electron chi connectivity index (χ1n) is 6.52. The van der Waals surface area contributed by atoms with Crippen molar-refractivity contribution < 1.29 is 9.53 Å². The molecule has 0 radical (unpaired) electrons. The highest BCUT2D eigenvalue weighted by molar-refractivity contribution is 5.95. The van der Waals surface area contributed by atoms with Gasteiger partial charge in [0.1, 0.15) is 6.61 Å². The van der Waals surface area contributed by atoms with E-state index in [0.29, 0.717) is 18.0 Å². The molecule has 4 heteroatoms. The summed E-state index contributed by atoms with van der Waals surface area (Å²) < 4.78 is 5.37. The molecule has 0 heterocycles. The van der Waals surface area contributed by atoms with Crippen LogP contribution in [0.4, 0.5) is 11.4 Å². The molecule has 106 valence electrons. The molecule has 19 heavy (non-hydrogen) atoms. The zero-order valence-corrected chi connectivity index (χ0v) is 12.2. The summed E-state index contributed by atoms with van der Waals surface area (Å²) >= 11 is 0. The number of amides is 1. The Kier molecular flexibility index (Phi) is 5.36. The van der Waals surface area contributed by atoms with Gasteiger partial charge in [-0.25, -0.2) is 0 Å². The van der Waals surface area contributed by atoms with Crippen LogP contribution in [0.1, 0.15) is 32.8 Å². The fourth-order valence-corrected chi connectivity index (χ4v) is 1.58. The average molecular weight is 264 g/mol. The van der Waals surface area contributed by atoms with Crippen LogP contribution in [-0.2, 0) is 9.53 Å². The lowest BCUT2D eigenvalue weighted by atomic mass is 9.93. The quantitative estimate of drug-likeness (QED) is 0.635. The van der Waals surface area contributed by atoms with Crippen LogP contribution in [0.3, 0.4) is 0 Å². The van der Waals surface area contributed by atoms with Crippen LogP contribution in [0.25, 0.3) is 0 Å². The smallest absolute Gasteiger partial charge is 0.250 e. The lowest BCUT2D eigenvalue weighted by molar-refractivity contribution is -0.120. The zero-order valence-electron chi connectivity index (χ0n) is 12.2. The van der Waals surface area contributed by atoms with Crippen molar-refractivity contribution in [2.45, 2.75) is 34.1 Å². The second-order valence-corrected chi connectivity index (χ2v) is 5.95. The highest BCUT2D eigenvalue weighted by atomic mass is 16.5. The molecule has 1 rings (SSSR count). The number of carbonyl (C=O) groups excluding carboxylic acids is 1. The van der Waals surface area contributed by atoms with Gasteiger partial charge in [-0.2, -0.15) is 0 Å². The molecule has 0 saturated carbocycles. The summed E-state index contributed by atoms with van der Waals surface area (Å²) in [5.41, 5.74) is 8.24. The van der Waals surface area contributed by atoms with Gasteiger partial charge < -0.3 is 15.8 Å². The Morgan fingerprint density at radius 1 is 1.37 bits per heavy atom. The van der Waals surface area contributed by atoms with Crippen molar-refractivity contribution in [3.8, 4) is 0 Å². The molecule has 0 saturated heterocycles. The van der Waals surface area contributed by atoms with Crippen molar-refractivity contribution in [1.29, 1.82) is 0 Å². The molecule has 0 aromatic heterocycles. The van der Waals surface area contributed by atoms with Gasteiger partial charge in [0.25, 0.3) is 0 Å². The molecule has 0 spiro atoms. The van der Waals surface area contributed by atoms with Crippen molar-refractivity contribution in [3.63, 3.8) is 0 Å². The number of nitrogens with one attached hydrogen (secondary N) is 1. The number of hydrogen-bond acceptors (Lipinski definition) is 3. The number of para-hydroxylation sites is 1. The lowest BCUT2D eigenvalue weighted by Gasteiger charge is -2.17. The number of benzene rings is 1. The molecule has 0 fully saturated rings. The van der Waals surface area contributed by atoms with Crippen molar-refractivity contribution in [2.24, 2.45) is 5.41 Å². The minimum atomic E-state index is -0.171. The fraction of sp³-hybridized carbons (Fsp3) is 0.533. The third-order valence-corrected chi connectivity index (χ3v) is 2.80. The number of anilines is 2. The first-order valence-corrected chi connectivity index (χ1v) is 6.52. The average Bonchev–Trinajstić information content (AvgIpc) is 2.28. The molecule has 1 aromatic rings. The van der Waals surface area contributed by atoms with E-state index in [1.807, 2.05) is 19.1 Å². The van der Waals surface area contributed by atoms with Crippen LogP contribution in [-0.4, -0.2) is 19.1 Å². The predicted molar refractivity (Wildman–Crippen MR) is 79.1 cm³/mol. The van der Waals surface area contributed by atoms with Crippen LogP contribution in [0.2, 0.25) is 0 Å². The monoisotopic (exact) mass is 264 g/mol. The van der Waals surface area contributed by atoms with E-state index in [9.17, 15) is 4.79 Å². The van der Waals surface area contributed by atoms with Gasteiger partial charge in [0.15, 0.2) is 0 Å². The molecule has 0 atom stereocenters. The summed E-state index contributed by atoms with van der Waals surface area (Å²) in [5.74, 6) is -0.171. The van der Waals surface area contributed by atoms with E-state index in [2.05, 4.69) is 26.1 Å². The van der Waals surface area contributed by atoms with Crippen LogP contribution < -0.4 is 11.1 Å². The van der Waals surface area contributed by atoms with Crippen molar-refractivity contribution >= 4 is 17.3 Å². The van der Waals surface area contributed by atoms with E-state index in [4.69, 9.17) is 10.5 Å². The molecule has 0 unspecified atom stereocenters. The second kappa shape index (κ2) is 6.57. The molecule has 0 bridgehead atoms. The van der Waals surface area contributed by atoms with Crippen molar-refractivity contribution in [3.05, 3.63) is 23.8 Å². The molecule has 0 aliphatic carbocycles. The van der Waals surface area contributed by atoms with E-state index in [1.54, 1.807) is 6.07 Å². The summed E-state index contributed by atoms with van der Waals surface area (Å²) in [4.78, 5) is 11.7. The number of rotatable bonds is 5. The first kappa shape index (κ1) is 15.5. The van der Waals surface area contributed by atoms with Gasteiger partial charge in [0.2, 0.25) is 5.91 Å². The highest BCUT2D eigenvalue weighted by Crippen LogP contribution is 2.22. The topological polar surface area (TPSA) is 64.3 Å². The predicted octanol–water partition coefficient (Wildman–Crippen LogP) is 2.97. The Morgan fingerprint density at radius 3 is 2.63 bits per heavy atom. The maximum atomic E-state index is 11.7. The normalized spacial score (nSPS) is 11.4. The number of hydrogen-bond donors (Lipinski definition) is 2. The van der Waals surface area contributed by atoms with Gasteiger partial charge in [-0.15, -0.1) is 0 Å². The third-order valence-electron chi connectivity index (χ3n) is 2.80. The molecule has 3 N–H and O–H groups in total. The van der Waals surface area contributed by atoms with Gasteiger partial charge in [0, 0.05) is 6.61 Å². The van der Waals surface area contributed by atoms with Gasteiger partial charge in [-0.1, -0.05) is 32.9 Å². The number of carbonyl (C=O) groups is 1. The van der Waals surface area contributed by atoms with Crippen LogP contribution >= 0.6 is 0 Å². The molecule has 4 nitrogen and oxygen atoms in total. The fourth-order valence-electron chi connectivity index (χ4n) is 1.58. The van der Waals surface area contributed by atoms with Gasteiger partial charge in [-0.05, 0) is 30.4 Å². The first-order chi connectivity index (χ1) is 8.79. The minimum Gasteiger partial charge on any atom is -0.397 e.